The minimum absolute atomic E-state index is 0.370. The average molecular weight is 403 g/mol. The molecular formula is C24H25N3O3. The summed E-state index contributed by atoms with van der Waals surface area (Å²) in [7, 11) is 0. The number of carbonyl (C=O) groups is 2. The number of aryl methyl sites for hydroxylation is 3. The molecule has 0 aliphatic heterocycles. The Morgan fingerprint density at radius 2 is 1.73 bits per heavy atom. The number of nitrogens with zero attached hydrogens (tertiary/aromatic N) is 2. The van der Waals surface area contributed by atoms with Gasteiger partial charge >= 0.3 is 5.97 Å². The molecule has 0 unspecified atom stereocenters. The van der Waals surface area contributed by atoms with Crippen LogP contribution < -0.4 is 5.32 Å². The number of aromatic nitrogens is 2. The van der Waals surface area contributed by atoms with Crippen LogP contribution in [0.3, 0.4) is 0 Å². The largest absolute Gasteiger partial charge is 0.452 e. The molecule has 0 saturated heterocycles. The maximum Gasteiger partial charge on any atom is 0.331 e. The highest BCUT2D eigenvalue weighted by Gasteiger charge is 2.16. The summed E-state index contributed by atoms with van der Waals surface area (Å²) in [5.41, 5.74) is 6.15. The van der Waals surface area contributed by atoms with Crippen molar-refractivity contribution in [2.24, 2.45) is 0 Å². The predicted octanol–water partition coefficient (Wildman–Crippen LogP) is 4.30. The van der Waals surface area contributed by atoms with Gasteiger partial charge in [0.05, 0.1) is 22.8 Å². The zero-order valence-corrected chi connectivity index (χ0v) is 17.6. The van der Waals surface area contributed by atoms with Crippen LogP contribution >= 0.6 is 0 Å². The van der Waals surface area contributed by atoms with E-state index in [2.05, 4.69) is 10.4 Å². The zero-order chi connectivity index (χ0) is 21.7. The first-order valence-electron chi connectivity index (χ1n) is 9.68. The summed E-state index contributed by atoms with van der Waals surface area (Å²) in [6.07, 6.45) is 3.00. The van der Waals surface area contributed by atoms with Gasteiger partial charge in [-0.05, 0) is 57.0 Å². The molecule has 0 fully saturated rings. The first kappa shape index (κ1) is 21.0. The van der Waals surface area contributed by atoms with Crippen LogP contribution in [-0.2, 0) is 14.3 Å². The van der Waals surface area contributed by atoms with Gasteiger partial charge in [0.1, 0.15) is 0 Å². The zero-order valence-electron chi connectivity index (χ0n) is 17.6. The number of hydrogen-bond acceptors (Lipinski definition) is 4. The highest BCUT2D eigenvalue weighted by Crippen LogP contribution is 2.23. The van der Waals surface area contributed by atoms with Gasteiger partial charge in [-0.25, -0.2) is 9.48 Å². The number of hydrogen-bond donors (Lipinski definition) is 1. The van der Waals surface area contributed by atoms with Gasteiger partial charge in [0.25, 0.3) is 5.91 Å². The third kappa shape index (κ3) is 5.03. The number of rotatable bonds is 6. The minimum atomic E-state index is -0.572. The molecule has 0 bridgehead atoms. The van der Waals surface area contributed by atoms with Gasteiger partial charge in [-0.2, -0.15) is 5.10 Å². The smallest absolute Gasteiger partial charge is 0.331 e. The molecular weight excluding hydrogens is 378 g/mol. The monoisotopic (exact) mass is 403 g/mol. The molecule has 6 nitrogen and oxygen atoms in total. The van der Waals surface area contributed by atoms with E-state index in [4.69, 9.17) is 4.74 Å². The van der Waals surface area contributed by atoms with Crippen LogP contribution in [0, 0.1) is 27.7 Å². The van der Waals surface area contributed by atoms with Crippen LogP contribution in [0.2, 0.25) is 0 Å². The van der Waals surface area contributed by atoms with Gasteiger partial charge in [-0.15, -0.1) is 0 Å². The molecule has 0 aliphatic carbocycles. The summed E-state index contributed by atoms with van der Waals surface area (Å²) in [6.45, 7) is 7.32. The normalized spacial score (nSPS) is 10.9. The molecule has 3 rings (SSSR count). The van der Waals surface area contributed by atoms with Crippen molar-refractivity contribution < 1.29 is 14.3 Å². The Hall–Kier alpha value is -3.67. The lowest BCUT2D eigenvalue weighted by molar-refractivity contribution is -0.142. The van der Waals surface area contributed by atoms with Crippen LogP contribution in [0.5, 0.6) is 0 Å². The number of amides is 1. The van der Waals surface area contributed by atoms with Gasteiger partial charge in [0.15, 0.2) is 6.61 Å². The molecule has 0 radical (unpaired) electrons. The van der Waals surface area contributed by atoms with E-state index in [9.17, 15) is 9.59 Å². The van der Waals surface area contributed by atoms with Crippen molar-refractivity contribution in [3.05, 3.63) is 82.7 Å². The molecule has 30 heavy (non-hydrogen) atoms. The minimum Gasteiger partial charge on any atom is -0.452 e. The summed E-state index contributed by atoms with van der Waals surface area (Å²) in [5.74, 6) is -0.987. The van der Waals surface area contributed by atoms with E-state index in [0.717, 1.165) is 28.1 Å². The first-order valence-corrected chi connectivity index (χ1v) is 9.68. The van der Waals surface area contributed by atoms with Gasteiger partial charge in [0, 0.05) is 6.08 Å². The summed E-state index contributed by atoms with van der Waals surface area (Å²) >= 11 is 0. The number of nitrogens with one attached hydrogen (secondary N) is 1. The fourth-order valence-corrected chi connectivity index (χ4v) is 3.05. The van der Waals surface area contributed by atoms with Crippen LogP contribution in [0.4, 0.5) is 5.69 Å². The van der Waals surface area contributed by atoms with E-state index >= 15 is 0 Å². The van der Waals surface area contributed by atoms with Gasteiger partial charge < -0.3 is 10.1 Å². The molecule has 0 saturated carbocycles. The number of benzene rings is 2. The number of anilines is 1. The van der Waals surface area contributed by atoms with E-state index < -0.39 is 11.9 Å². The van der Waals surface area contributed by atoms with E-state index in [0.29, 0.717) is 11.4 Å². The van der Waals surface area contributed by atoms with Crippen LogP contribution in [0.1, 0.15) is 28.1 Å². The maximum absolute atomic E-state index is 12.3. The van der Waals surface area contributed by atoms with Gasteiger partial charge in [-0.1, -0.05) is 42.0 Å². The third-order valence-corrected chi connectivity index (χ3v) is 4.77. The summed E-state index contributed by atoms with van der Waals surface area (Å²) in [5, 5.41) is 7.31. The summed E-state index contributed by atoms with van der Waals surface area (Å²) < 4.78 is 6.84. The van der Waals surface area contributed by atoms with Crippen LogP contribution in [-0.4, -0.2) is 28.3 Å². The Balaban J connectivity index is 1.60. The molecule has 3 aromatic rings. The number of ether oxygens (including phenoxy) is 1. The molecule has 1 N–H and O–H groups in total. The van der Waals surface area contributed by atoms with Crippen molar-refractivity contribution in [3.63, 3.8) is 0 Å². The van der Waals surface area contributed by atoms with Crippen molar-refractivity contribution in [1.82, 2.24) is 9.78 Å². The predicted molar refractivity (Wildman–Crippen MR) is 118 cm³/mol. The fraction of sp³-hybridized carbons (Fsp3) is 0.208. The molecule has 2 aromatic carbocycles. The van der Waals surface area contributed by atoms with Crippen molar-refractivity contribution >= 4 is 23.6 Å². The molecule has 1 amide bonds. The van der Waals surface area contributed by atoms with E-state index in [1.165, 1.54) is 6.08 Å². The topological polar surface area (TPSA) is 73.2 Å². The SMILES string of the molecule is Cc1ccc(-n2nc(C)c(NC(=O)COC(=O)/C=C/c3ccccc3C)c2C)cc1. The first-order chi connectivity index (χ1) is 14.3. The fourth-order valence-electron chi connectivity index (χ4n) is 3.05. The Bertz CT molecular complexity index is 1100. The number of esters is 1. The van der Waals surface area contributed by atoms with Crippen molar-refractivity contribution in [2.75, 3.05) is 11.9 Å². The van der Waals surface area contributed by atoms with Crippen LogP contribution in [0.15, 0.2) is 54.6 Å². The van der Waals surface area contributed by atoms with Crippen molar-refractivity contribution in [2.45, 2.75) is 27.7 Å². The molecule has 1 heterocycles. The molecule has 0 spiro atoms. The second-order valence-electron chi connectivity index (χ2n) is 7.14. The highest BCUT2D eigenvalue weighted by molar-refractivity contribution is 5.95. The quantitative estimate of drug-likeness (QED) is 0.492. The highest BCUT2D eigenvalue weighted by atomic mass is 16.5. The Labute approximate surface area is 176 Å². The second-order valence-corrected chi connectivity index (χ2v) is 7.14. The van der Waals surface area contributed by atoms with Gasteiger partial charge in [-0.3, -0.25) is 4.79 Å². The lowest BCUT2D eigenvalue weighted by Gasteiger charge is -2.07. The molecule has 154 valence electrons. The van der Waals surface area contributed by atoms with Gasteiger partial charge in [0.2, 0.25) is 0 Å². The molecule has 6 heteroatoms. The molecule has 0 atom stereocenters. The lowest BCUT2D eigenvalue weighted by atomic mass is 10.1. The van der Waals surface area contributed by atoms with E-state index in [1.54, 1.807) is 10.8 Å². The van der Waals surface area contributed by atoms with Crippen molar-refractivity contribution in [1.29, 1.82) is 0 Å². The summed E-state index contributed by atoms with van der Waals surface area (Å²) in [4.78, 5) is 24.2. The summed E-state index contributed by atoms with van der Waals surface area (Å²) in [6, 6.07) is 15.7. The Morgan fingerprint density at radius 3 is 2.43 bits per heavy atom. The second kappa shape index (κ2) is 9.22. The molecule has 0 aliphatic rings. The standard InChI is InChI=1S/C24H25N3O3/c1-16-9-12-21(13-10-16)27-19(4)24(18(3)26-27)25-22(28)15-30-23(29)14-11-20-8-6-5-7-17(20)2/h5-14H,15H2,1-4H3,(H,25,28)/b14-11+. The third-order valence-electron chi connectivity index (χ3n) is 4.77. The Kier molecular flexibility index (Phi) is 6.47. The van der Waals surface area contributed by atoms with E-state index in [1.807, 2.05) is 76.2 Å². The van der Waals surface area contributed by atoms with Crippen molar-refractivity contribution in [3.8, 4) is 5.69 Å². The average Bonchev–Trinajstić information content (AvgIpc) is 3.00. The molecule has 1 aromatic heterocycles. The van der Waals surface area contributed by atoms with Crippen LogP contribution in [0.25, 0.3) is 11.8 Å². The van der Waals surface area contributed by atoms with E-state index in [-0.39, 0.29) is 6.61 Å². The Morgan fingerprint density at radius 1 is 1.03 bits per heavy atom. The number of carbonyl (C=O) groups excluding carboxylic acids is 2. The maximum atomic E-state index is 12.3. The lowest BCUT2D eigenvalue weighted by Crippen LogP contribution is -2.20.